The molecular weight excluding hydrogens is 304 g/mol. The van der Waals surface area contributed by atoms with Gasteiger partial charge in [0.1, 0.15) is 5.75 Å². The van der Waals surface area contributed by atoms with Crippen molar-refractivity contribution < 1.29 is 19.0 Å². The number of rotatable bonds is 6. The molecule has 1 rings (SSSR count). The van der Waals surface area contributed by atoms with Crippen LogP contribution in [-0.2, 0) is 14.3 Å². The number of hydrogen-bond donors (Lipinski definition) is 0. The average Bonchev–Trinajstić information content (AvgIpc) is 2.53. The number of esters is 1. The number of benzene rings is 1. The molecule has 1 aromatic carbocycles. The maximum absolute atomic E-state index is 11.6. The predicted octanol–water partition coefficient (Wildman–Crippen LogP) is 4.01. The maximum Gasteiger partial charge on any atom is 0.341 e. The summed E-state index contributed by atoms with van der Waals surface area (Å²) in [5.74, 6) is 0.163. The molecule has 22 heavy (non-hydrogen) atoms. The molecule has 4 nitrogen and oxygen atoms in total. The summed E-state index contributed by atoms with van der Waals surface area (Å²) in [6, 6.07) is 5.46. The zero-order chi connectivity index (χ0) is 16.5. The fourth-order valence-electron chi connectivity index (χ4n) is 1.70. The lowest BCUT2D eigenvalue weighted by molar-refractivity contribution is -0.135. The van der Waals surface area contributed by atoms with Crippen LogP contribution in [0.1, 0.15) is 12.5 Å². The summed E-state index contributed by atoms with van der Waals surface area (Å²) in [6.45, 7) is 1.80. The number of carbonyl (C=O) groups excluding carboxylic acids is 1. The van der Waals surface area contributed by atoms with E-state index in [2.05, 4.69) is 0 Å². The van der Waals surface area contributed by atoms with Gasteiger partial charge in [0.2, 0.25) is 0 Å². The zero-order valence-corrected chi connectivity index (χ0v) is 13.8. The molecule has 0 heterocycles. The second-order valence-electron chi connectivity index (χ2n) is 4.36. The molecule has 1 aromatic rings. The Kier molecular flexibility index (Phi) is 7.26. The predicted molar refractivity (Wildman–Crippen MR) is 87.9 cm³/mol. The monoisotopic (exact) mass is 322 g/mol. The third kappa shape index (κ3) is 4.97. The van der Waals surface area contributed by atoms with Crippen molar-refractivity contribution in [2.75, 3.05) is 21.3 Å². The Morgan fingerprint density at radius 3 is 2.55 bits per heavy atom. The van der Waals surface area contributed by atoms with E-state index in [1.807, 2.05) is 24.3 Å². The van der Waals surface area contributed by atoms with E-state index in [0.29, 0.717) is 16.3 Å². The summed E-state index contributed by atoms with van der Waals surface area (Å²) in [6.07, 6.45) is 6.86. The number of methoxy groups -OCH3 is 3. The summed E-state index contributed by atoms with van der Waals surface area (Å²) in [7, 11) is 4.37. The highest BCUT2D eigenvalue weighted by Gasteiger charge is 2.11. The third-order valence-electron chi connectivity index (χ3n) is 2.88. The van der Waals surface area contributed by atoms with Crippen LogP contribution in [-0.4, -0.2) is 27.3 Å². The van der Waals surface area contributed by atoms with Gasteiger partial charge >= 0.3 is 5.97 Å². The van der Waals surface area contributed by atoms with Gasteiger partial charge in [-0.25, -0.2) is 4.79 Å². The molecule has 0 saturated carbocycles. The molecule has 5 heteroatoms. The Hall–Kier alpha value is -2.20. The van der Waals surface area contributed by atoms with Crippen molar-refractivity contribution in [3.63, 3.8) is 0 Å². The van der Waals surface area contributed by atoms with Gasteiger partial charge < -0.3 is 14.2 Å². The van der Waals surface area contributed by atoms with Crippen LogP contribution in [0.2, 0.25) is 5.02 Å². The van der Waals surface area contributed by atoms with E-state index >= 15 is 0 Å². The lowest BCUT2D eigenvalue weighted by Gasteiger charge is -2.05. The number of allylic oxidation sites excluding steroid dienone is 2. The standard InChI is InChI=1S/C17H19ClO4/c1-12(14(11-20-2)17(19)22-4)6-5-7-13-8-9-15(18)16(10-13)21-3/h5-11H,1-4H3/b7-5+,12-6+,14-11-. The van der Waals surface area contributed by atoms with Gasteiger partial charge in [-0.05, 0) is 30.2 Å². The number of hydrogen-bond acceptors (Lipinski definition) is 4. The fourth-order valence-corrected chi connectivity index (χ4v) is 1.90. The zero-order valence-electron chi connectivity index (χ0n) is 13.1. The Balaban J connectivity index is 2.94. The normalized spacial score (nSPS) is 12.4. The molecular formula is C17H19ClO4. The van der Waals surface area contributed by atoms with Crippen molar-refractivity contribution in [1.82, 2.24) is 0 Å². The minimum absolute atomic E-state index is 0.364. The van der Waals surface area contributed by atoms with Crippen LogP contribution in [0, 0.1) is 0 Å². The quantitative estimate of drug-likeness (QED) is 0.343. The van der Waals surface area contributed by atoms with Crippen molar-refractivity contribution >= 4 is 23.6 Å². The second-order valence-corrected chi connectivity index (χ2v) is 4.77. The molecule has 0 aromatic heterocycles. The van der Waals surface area contributed by atoms with E-state index in [1.165, 1.54) is 20.5 Å². The minimum Gasteiger partial charge on any atom is -0.503 e. The Morgan fingerprint density at radius 2 is 1.95 bits per heavy atom. The molecule has 0 unspecified atom stereocenters. The highest BCUT2D eigenvalue weighted by Crippen LogP contribution is 2.25. The number of ether oxygens (including phenoxy) is 3. The van der Waals surface area contributed by atoms with E-state index in [9.17, 15) is 4.79 Å². The van der Waals surface area contributed by atoms with Crippen LogP contribution in [0.15, 0.2) is 47.8 Å². The molecule has 0 atom stereocenters. The minimum atomic E-state index is -0.447. The van der Waals surface area contributed by atoms with Gasteiger partial charge in [-0.2, -0.15) is 0 Å². The molecule has 0 aliphatic heterocycles. The van der Waals surface area contributed by atoms with Gasteiger partial charge in [0.15, 0.2) is 0 Å². The van der Waals surface area contributed by atoms with Crippen LogP contribution in [0.4, 0.5) is 0 Å². The molecule has 118 valence electrons. The van der Waals surface area contributed by atoms with Crippen molar-refractivity contribution in [2.24, 2.45) is 0 Å². The molecule has 0 bridgehead atoms. The first-order valence-corrected chi connectivity index (χ1v) is 6.91. The Bertz CT molecular complexity index is 615. The molecule has 0 N–H and O–H groups in total. The third-order valence-corrected chi connectivity index (χ3v) is 3.19. The summed E-state index contributed by atoms with van der Waals surface area (Å²) < 4.78 is 14.8. The summed E-state index contributed by atoms with van der Waals surface area (Å²) in [5, 5.41) is 0.558. The van der Waals surface area contributed by atoms with Crippen LogP contribution in [0.25, 0.3) is 6.08 Å². The van der Waals surface area contributed by atoms with Gasteiger partial charge in [-0.1, -0.05) is 35.9 Å². The first-order valence-electron chi connectivity index (χ1n) is 6.53. The summed E-state index contributed by atoms with van der Waals surface area (Å²) in [5.41, 5.74) is 2.02. The van der Waals surface area contributed by atoms with Gasteiger partial charge in [0.05, 0.1) is 38.2 Å². The Morgan fingerprint density at radius 1 is 1.23 bits per heavy atom. The van der Waals surface area contributed by atoms with E-state index < -0.39 is 5.97 Å². The Labute approximate surface area is 135 Å². The fraction of sp³-hybridized carbons (Fsp3) is 0.235. The van der Waals surface area contributed by atoms with Crippen molar-refractivity contribution in [3.8, 4) is 5.75 Å². The molecule has 0 aliphatic rings. The van der Waals surface area contributed by atoms with Crippen molar-refractivity contribution in [1.29, 1.82) is 0 Å². The van der Waals surface area contributed by atoms with Crippen molar-refractivity contribution in [3.05, 3.63) is 58.3 Å². The summed E-state index contributed by atoms with van der Waals surface area (Å²) >= 11 is 5.97. The first kappa shape index (κ1) is 17.9. The summed E-state index contributed by atoms with van der Waals surface area (Å²) in [4.78, 5) is 11.6. The molecule has 0 spiro atoms. The largest absolute Gasteiger partial charge is 0.503 e. The second kappa shape index (κ2) is 8.95. The lowest BCUT2D eigenvalue weighted by Crippen LogP contribution is -2.06. The van der Waals surface area contributed by atoms with Crippen molar-refractivity contribution in [2.45, 2.75) is 6.92 Å². The first-order chi connectivity index (χ1) is 10.5. The van der Waals surface area contributed by atoms with Gasteiger partial charge in [-0.3, -0.25) is 0 Å². The smallest absolute Gasteiger partial charge is 0.341 e. The van der Waals surface area contributed by atoms with Crippen LogP contribution >= 0.6 is 11.6 Å². The van der Waals surface area contributed by atoms with E-state index in [-0.39, 0.29) is 0 Å². The lowest BCUT2D eigenvalue weighted by atomic mass is 10.1. The van der Waals surface area contributed by atoms with E-state index in [1.54, 1.807) is 26.2 Å². The van der Waals surface area contributed by atoms with Crippen LogP contribution in [0.3, 0.4) is 0 Å². The molecule has 0 fully saturated rings. The van der Waals surface area contributed by atoms with Crippen LogP contribution in [0.5, 0.6) is 5.75 Å². The highest BCUT2D eigenvalue weighted by molar-refractivity contribution is 6.32. The average molecular weight is 323 g/mol. The topological polar surface area (TPSA) is 44.8 Å². The SMILES string of the molecule is CO/C=C(C(=O)OC)/C(C)=C/C=C/c1ccc(Cl)c(OC)c1. The van der Waals surface area contributed by atoms with Gasteiger partial charge in [0.25, 0.3) is 0 Å². The van der Waals surface area contributed by atoms with E-state index in [4.69, 9.17) is 25.8 Å². The highest BCUT2D eigenvalue weighted by atomic mass is 35.5. The molecule has 0 saturated heterocycles. The van der Waals surface area contributed by atoms with E-state index in [0.717, 1.165) is 11.1 Å². The molecule has 0 radical (unpaired) electrons. The van der Waals surface area contributed by atoms with Gasteiger partial charge in [0, 0.05) is 0 Å². The maximum atomic E-state index is 11.6. The number of carbonyl (C=O) groups is 1. The molecule has 0 aliphatic carbocycles. The molecule has 0 amide bonds. The van der Waals surface area contributed by atoms with Crippen LogP contribution < -0.4 is 4.74 Å². The van der Waals surface area contributed by atoms with Gasteiger partial charge in [-0.15, -0.1) is 0 Å². The number of halogens is 1.